The average molecular weight is 414 g/mol. The topological polar surface area (TPSA) is 127 Å². The van der Waals surface area contributed by atoms with Crippen molar-refractivity contribution in [3.63, 3.8) is 0 Å². The van der Waals surface area contributed by atoms with Crippen LogP contribution >= 0.6 is 0 Å². The molecule has 0 unspecified atom stereocenters. The maximum absolute atomic E-state index is 14.2. The molecule has 0 saturated carbocycles. The first kappa shape index (κ1) is 21.2. The zero-order valence-corrected chi connectivity index (χ0v) is 16.6. The molecule has 158 valence electrons. The van der Waals surface area contributed by atoms with E-state index in [2.05, 4.69) is 36.1 Å². The summed E-state index contributed by atoms with van der Waals surface area (Å²) in [7, 11) is 1.49. The lowest BCUT2D eigenvalue weighted by Gasteiger charge is -2.14. The molecule has 0 aromatic carbocycles. The van der Waals surface area contributed by atoms with Crippen LogP contribution in [0.5, 0.6) is 0 Å². The van der Waals surface area contributed by atoms with E-state index in [9.17, 15) is 14.0 Å². The summed E-state index contributed by atoms with van der Waals surface area (Å²) >= 11 is 0. The first-order valence-electron chi connectivity index (χ1n) is 9.62. The smallest absolute Gasteiger partial charge is 0.273 e. The van der Waals surface area contributed by atoms with Crippen LogP contribution in [0.2, 0.25) is 0 Å². The van der Waals surface area contributed by atoms with Crippen molar-refractivity contribution in [2.75, 3.05) is 7.05 Å². The lowest BCUT2D eigenvalue weighted by molar-refractivity contribution is -0.119. The summed E-state index contributed by atoms with van der Waals surface area (Å²) in [5.41, 5.74) is 1.61. The van der Waals surface area contributed by atoms with Crippen LogP contribution in [0.1, 0.15) is 41.9 Å². The van der Waals surface area contributed by atoms with Gasteiger partial charge in [0.2, 0.25) is 5.91 Å². The Morgan fingerprint density at radius 2 is 2.13 bits per heavy atom. The summed E-state index contributed by atoms with van der Waals surface area (Å²) in [5.74, 6) is -0.0614. The van der Waals surface area contributed by atoms with E-state index in [1.165, 1.54) is 17.9 Å². The van der Waals surface area contributed by atoms with Crippen LogP contribution in [-0.4, -0.2) is 56.6 Å². The Kier molecular flexibility index (Phi) is 7.30. The molecule has 0 saturated heterocycles. The summed E-state index contributed by atoms with van der Waals surface area (Å²) in [4.78, 5) is 27.6. The molecule has 30 heavy (non-hydrogen) atoms. The minimum atomic E-state index is -1.16. The van der Waals surface area contributed by atoms with Crippen molar-refractivity contribution < 1.29 is 14.0 Å². The van der Waals surface area contributed by atoms with E-state index in [0.29, 0.717) is 30.8 Å². The number of rotatable bonds is 8. The molecule has 10 nitrogen and oxygen atoms in total. The highest BCUT2D eigenvalue weighted by Crippen LogP contribution is 2.12. The van der Waals surface area contributed by atoms with E-state index in [1.807, 2.05) is 6.07 Å². The van der Waals surface area contributed by atoms with Gasteiger partial charge in [-0.25, -0.2) is 9.07 Å². The number of halogens is 1. The molecule has 3 heterocycles. The second kappa shape index (κ2) is 10.3. The van der Waals surface area contributed by atoms with E-state index < -0.39 is 6.17 Å². The summed E-state index contributed by atoms with van der Waals surface area (Å²) in [6.07, 6.45) is 3.93. The van der Waals surface area contributed by atoms with Crippen LogP contribution in [0.4, 0.5) is 4.39 Å². The van der Waals surface area contributed by atoms with Gasteiger partial charge in [-0.1, -0.05) is 11.3 Å². The Labute approximate surface area is 172 Å². The predicted octanol–water partition coefficient (Wildman–Crippen LogP) is 1.06. The van der Waals surface area contributed by atoms with E-state index in [-0.39, 0.29) is 36.9 Å². The van der Waals surface area contributed by atoms with Gasteiger partial charge >= 0.3 is 0 Å². The summed E-state index contributed by atoms with van der Waals surface area (Å²) in [5, 5.41) is 20.8. The Hall–Kier alpha value is -3.50. The number of hydrogen-bond acceptors (Lipinski definition) is 7. The highest BCUT2D eigenvalue weighted by atomic mass is 19.1. The van der Waals surface area contributed by atoms with E-state index in [4.69, 9.17) is 0 Å². The highest BCUT2D eigenvalue weighted by molar-refractivity contribution is 6.02. The largest absolute Gasteiger partial charge is 0.354 e. The van der Waals surface area contributed by atoms with Crippen molar-refractivity contribution in [3.05, 3.63) is 42.0 Å². The zero-order valence-electron chi connectivity index (χ0n) is 16.6. The predicted molar refractivity (Wildman–Crippen MR) is 108 cm³/mol. The molecule has 0 bridgehead atoms. The van der Waals surface area contributed by atoms with Crippen molar-refractivity contribution in [2.24, 2.45) is 10.2 Å². The fourth-order valence-corrected chi connectivity index (χ4v) is 2.87. The molecular weight excluding hydrogens is 391 g/mol. The molecule has 0 radical (unpaired) electrons. The Morgan fingerprint density at radius 3 is 2.83 bits per heavy atom. The highest BCUT2D eigenvalue weighted by Gasteiger charge is 2.16. The summed E-state index contributed by atoms with van der Waals surface area (Å²) < 4.78 is 15.6. The normalized spacial score (nSPS) is 14.5. The fourth-order valence-electron chi connectivity index (χ4n) is 2.87. The van der Waals surface area contributed by atoms with Crippen LogP contribution in [0.3, 0.4) is 0 Å². The van der Waals surface area contributed by atoms with Gasteiger partial charge in [0.1, 0.15) is 12.0 Å². The van der Waals surface area contributed by atoms with Crippen molar-refractivity contribution in [2.45, 2.75) is 44.8 Å². The molecular formula is C19H23FN8O2. The first-order valence-corrected chi connectivity index (χ1v) is 9.62. The molecule has 1 aliphatic rings. The SMILES string of the molecule is CNC(=O)c1cn(C[C@@H](F)CCC2=NN=C(NC(=O)Cc3ccccn3)CC2)nn1. The van der Waals surface area contributed by atoms with Crippen LogP contribution < -0.4 is 10.6 Å². The monoisotopic (exact) mass is 414 g/mol. The molecule has 2 N–H and O–H groups in total. The number of carbonyl (C=O) groups excluding carboxylic acids is 2. The third-order valence-corrected chi connectivity index (χ3v) is 4.44. The average Bonchev–Trinajstić information content (AvgIpc) is 3.21. The quantitative estimate of drug-likeness (QED) is 0.668. The molecule has 0 fully saturated rings. The minimum absolute atomic E-state index is 0.00930. The van der Waals surface area contributed by atoms with Crippen LogP contribution in [-0.2, 0) is 17.8 Å². The van der Waals surface area contributed by atoms with Gasteiger partial charge < -0.3 is 10.6 Å². The summed E-state index contributed by atoms with van der Waals surface area (Å²) in [6, 6.07) is 5.40. The minimum Gasteiger partial charge on any atom is -0.354 e. The maximum Gasteiger partial charge on any atom is 0.273 e. The Balaban J connectivity index is 1.42. The number of nitrogens with one attached hydrogen (secondary N) is 2. The number of carbonyl (C=O) groups is 2. The molecule has 2 aromatic heterocycles. The van der Waals surface area contributed by atoms with Gasteiger partial charge in [-0.15, -0.1) is 10.2 Å². The number of nitrogens with zero attached hydrogens (tertiary/aromatic N) is 6. The van der Waals surface area contributed by atoms with Crippen LogP contribution in [0, 0.1) is 0 Å². The third kappa shape index (κ3) is 6.26. The lowest BCUT2D eigenvalue weighted by Crippen LogP contribution is -2.33. The number of amidine groups is 1. The second-order valence-electron chi connectivity index (χ2n) is 6.80. The molecule has 11 heteroatoms. The molecule has 0 aliphatic carbocycles. The number of amides is 2. The molecule has 2 amide bonds. The lowest BCUT2D eigenvalue weighted by atomic mass is 10.1. The number of hydrogen-bond donors (Lipinski definition) is 2. The molecule has 1 aliphatic heterocycles. The van der Waals surface area contributed by atoms with Gasteiger partial charge in [-0.3, -0.25) is 14.6 Å². The van der Waals surface area contributed by atoms with Gasteiger partial charge in [0, 0.05) is 31.1 Å². The number of aromatic nitrogens is 4. The molecule has 2 aromatic rings. The van der Waals surface area contributed by atoms with Crippen LogP contribution in [0.25, 0.3) is 0 Å². The third-order valence-electron chi connectivity index (χ3n) is 4.44. The van der Waals surface area contributed by atoms with Crippen LogP contribution in [0.15, 0.2) is 40.8 Å². The standard InChI is InChI=1S/C19H23FN8O2/c1-21-19(30)16-12-28(27-25-16)11-13(20)5-6-14-7-8-17(26-24-14)23-18(29)10-15-4-2-3-9-22-15/h2-4,9,12-13H,5-8,10-11H2,1H3,(H,21,30)(H,23,26,29)/t13-/m0/s1. The molecule has 1 atom stereocenters. The summed E-state index contributed by atoms with van der Waals surface area (Å²) in [6.45, 7) is 0.00930. The van der Waals surface area contributed by atoms with Gasteiger partial charge in [0.25, 0.3) is 5.91 Å². The van der Waals surface area contributed by atoms with Crippen molar-refractivity contribution >= 4 is 23.4 Å². The number of pyridine rings is 1. The van der Waals surface area contributed by atoms with Gasteiger partial charge in [0.15, 0.2) is 5.69 Å². The van der Waals surface area contributed by atoms with Crippen molar-refractivity contribution in [1.82, 2.24) is 30.6 Å². The maximum atomic E-state index is 14.2. The van der Waals surface area contributed by atoms with Crippen molar-refractivity contribution in [1.29, 1.82) is 0 Å². The van der Waals surface area contributed by atoms with Gasteiger partial charge in [-0.2, -0.15) is 5.10 Å². The van der Waals surface area contributed by atoms with Crippen molar-refractivity contribution in [3.8, 4) is 0 Å². The Bertz CT molecular complexity index is 941. The fraction of sp³-hybridized carbons (Fsp3) is 0.421. The van der Waals surface area contributed by atoms with E-state index >= 15 is 0 Å². The Morgan fingerprint density at radius 1 is 1.27 bits per heavy atom. The zero-order chi connectivity index (χ0) is 21.3. The molecule has 3 rings (SSSR count). The molecule has 0 spiro atoms. The second-order valence-corrected chi connectivity index (χ2v) is 6.80. The van der Waals surface area contributed by atoms with E-state index in [0.717, 1.165) is 5.71 Å². The number of alkyl halides is 1. The van der Waals surface area contributed by atoms with E-state index in [1.54, 1.807) is 18.3 Å². The van der Waals surface area contributed by atoms with Gasteiger partial charge in [-0.05, 0) is 31.4 Å². The van der Waals surface area contributed by atoms with Gasteiger partial charge in [0.05, 0.1) is 19.2 Å². The first-order chi connectivity index (χ1) is 14.5.